The van der Waals surface area contributed by atoms with Crippen LogP contribution in [0.25, 0.3) is 0 Å². The minimum absolute atomic E-state index is 0.0505. The zero-order valence-corrected chi connectivity index (χ0v) is 14.3. The molecule has 1 aromatic rings. The highest BCUT2D eigenvalue weighted by molar-refractivity contribution is 8.76. The average molecular weight is 348 g/mol. The number of aromatic nitrogens is 2. The largest absolute Gasteiger partial charge is 0.394 e. The number of aromatic amines is 1. The SMILES string of the molecule is CSS[C@H](C)OC1C[C@H](n2cc(C)c(=O)[nH]c2=O)O[C@@H]1CO. The Bertz CT molecular complexity index is 617. The van der Waals surface area contributed by atoms with Crippen molar-refractivity contribution in [3.05, 3.63) is 32.6 Å². The summed E-state index contributed by atoms with van der Waals surface area (Å²) in [6.07, 6.45) is 2.53. The van der Waals surface area contributed by atoms with Crippen molar-refractivity contribution in [1.82, 2.24) is 9.55 Å². The predicted octanol–water partition coefficient (Wildman–Crippen LogP) is 0.867. The number of aryl methyl sites for hydroxylation is 1. The van der Waals surface area contributed by atoms with Crippen LogP contribution in [0.2, 0.25) is 0 Å². The molecule has 0 aliphatic carbocycles. The first-order valence-electron chi connectivity index (χ1n) is 6.89. The summed E-state index contributed by atoms with van der Waals surface area (Å²) in [5.41, 5.74) is -0.551. The van der Waals surface area contributed by atoms with Crippen LogP contribution >= 0.6 is 21.6 Å². The lowest BCUT2D eigenvalue weighted by Crippen LogP contribution is -2.33. The minimum atomic E-state index is -0.559. The maximum atomic E-state index is 11.9. The van der Waals surface area contributed by atoms with Crippen molar-refractivity contribution in [1.29, 1.82) is 0 Å². The summed E-state index contributed by atoms with van der Waals surface area (Å²) in [7, 11) is 3.17. The molecule has 2 heterocycles. The van der Waals surface area contributed by atoms with Crippen molar-refractivity contribution in [2.45, 2.75) is 44.1 Å². The van der Waals surface area contributed by atoms with Crippen LogP contribution in [0.1, 0.15) is 25.1 Å². The molecule has 1 aliphatic rings. The van der Waals surface area contributed by atoms with Crippen LogP contribution in [0, 0.1) is 6.92 Å². The van der Waals surface area contributed by atoms with Gasteiger partial charge in [0.1, 0.15) is 17.8 Å². The van der Waals surface area contributed by atoms with E-state index in [2.05, 4.69) is 4.98 Å². The molecule has 2 N–H and O–H groups in total. The van der Waals surface area contributed by atoms with Crippen molar-refractivity contribution in [2.24, 2.45) is 0 Å². The standard InChI is InChI=1S/C13H20N2O5S2/c1-7-5-15(13(18)14-12(7)17)11-4-9(10(6-16)20-11)19-8(2)22-21-3/h5,8-11,16H,4,6H2,1-3H3,(H,14,17,18)/t8-,9?,10-,11-/m1/s1. The molecule has 2 rings (SSSR count). The Kier molecular flexibility index (Phi) is 6.16. The van der Waals surface area contributed by atoms with Gasteiger partial charge in [-0.2, -0.15) is 0 Å². The fourth-order valence-electron chi connectivity index (χ4n) is 2.38. The Morgan fingerprint density at radius 3 is 2.95 bits per heavy atom. The molecule has 1 saturated heterocycles. The van der Waals surface area contributed by atoms with Gasteiger partial charge in [0.05, 0.1) is 12.7 Å². The number of hydrogen-bond acceptors (Lipinski definition) is 7. The van der Waals surface area contributed by atoms with Crippen molar-refractivity contribution in [2.75, 3.05) is 12.9 Å². The van der Waals surface area contributed by atoms with Gasteiger partial charge in [0, 0.05) is 18.2 Å². The molecule has 0 spiro atoms. The summed E-state index contributed by atoms with van der Waals surface area (Å²) in [4.78, 5) is 25.6. The predicted molar refractivity (Wildman–Crippen MR) is 87.1 cm³/mol. The molecule has 0 aromatic carbocycles. The number of ether oxygens (including phenoxy) is 2. The summed E-state index contributed by atoms with van der Waals surface area (Å²) in [5.74, 6) is 0. The number of nitrogens with zero attached hydrogens (tertiary/aromatic N) is 1. The molecule has 9 heteroatoms. The number of aliphatic hydroxyl groups is 1. The highest BCUT2D eigenvalue weighted by Crippen LogP contribution is 2.33. The van der Waals surface area contributed by atoms with E-state index in [1.165, 1.54) is 10.8 Å². The van der Waals surface area contributed by atoms with Crippen molar-refractivity contribution in [3.63, 3.8) is 0 Å². The van der Waals surface area contributed by atoms with E-state index in [4.69, 9.17) is 9.47 Å². The van der Waals surface area contributed by atoms with E-state index in [1.54, 1.807) is 28.5 Å². The summed E-state index contributed by atoms with van der Waals surface area (Å²) >= 11 is 0. The molecule has 0 amide bonds. The quantitative estimate of drug-likeness (QED) is 0.582. The molecular formula is C13H20N2O5S2. The van der Waals surface area contributed by atoms with Gasteiger partial charge < -0.3 is 14.6 Å². The van der Waals surface area contributed by atoms with E-state index in [1.807, 2.05) is 13.2 Å². The third-order valence-electron chi connectivity index (χ3n) is 3.41. The highest BCUT2D eigenvalue weighted by atomic mass is 33.1. The van der Waals surface area contributed by atoms with E-state index in [9.17, 15) is 14.7 Å². The lowest BCUT2D eigenvalue weighted by atomic mass is 10.2. The Balaban J connectivity index is 2.16. The molecule has 0 saturated carbocycles. The number of H-pyrrole nitrogens is 1. The third-order valence-corrected chi connectivity index (χ3v) is 5.38. The maximum Gasteiger partial charge on any atom is 0.330 e. The van der Waals surface area contributed by atoms with Crippen LogP contribution in [0.15, 0.2) is 15.8 Å². The van der Waals surface area contributed by atoms with Crippen LogP contribution in [-0.4, -0.2) is 45.2 Å². The van der Waals surface area contributed by atoms with E-state index < -0.39 is 23.6 Å². The smallest absolute Gasteiger partial charge is 0.330 e. The topological polar surface area (TPSA) is 93.6 Å². The van der Waals surface area contributed by atoms with Crippen molar-refractivity contribution in [3.8, 4) is 0 Å². The summed E-state index contributed by atoms with van der Waals surface area (Å²) in [6.45, 7) is 3.37. The van der Waals surface area contributed by atoms with Gasteiger partial charge >= 0.3 is 5.69 Å². The minimum Gasteiger partial charge on any atom is -0.394 e. The molecule has 0 radical (unpaired) electrons. The van der Waals surface area contributed by atoms with Gasteiger partial charge in [-0.3, -0.25) is 14.3 Å². The molecule has 1 aliphatic heterocycles. The van der Waals surface area contributed by atoms with Crippen LogP contribution in [-0.2, 0) is 9.47 Å². The first-order valence-corrected chi connectivity index (χ1v) is 9.51. The zero-order valence-electron chi connectivity index (χ0n) is 12.6. The first-order chi connectivity index (χ1) is 10.5. The number of rotatable bonds is 6. The molecule has 1 unspecified atom stereocenters. The second kappa shape index (κ2) is 7.69. The van der Waals surface area contributed by atoms with Crippen molar-refractivity contribution < 1.29 is 14.6 Å². The van der Waals surface area contributed by atoms with E-state index in [-0.39, 0.29) is 18.1 Å². The number of aliphatic hydroxyl groups excluding tert-OH is 1. The Labute approximate surface area is 135 Å². The first kappa shape index (κ1) is 17.6. The van der Waals surface area contributed by atoms with E-state index in [0.717, 1.165) is 0 Å². The maximum absolute atomic E-state index is 11.9. The monoisotopic (exact) mass is 348 g/mol. The number of hydrogen-bond donors (Lipinski definition) is 2. The third kappa shape index (κ3) is 3.96. The van der Waals surface area contributed by atoms with Gasteiger partial charge in [-0.25, -0.2) is 4.79 Å². The molecule has 1 aromatic heterocycles. The lowest BCUT2D eigenvalue weighted by Gasteiger charge is -2.20. The second-order valence-electron chi connectivity index (χ2n) is 5.03. The van der Waals surface area contributed by atoms with Crippen LogP contribution in [0.5, 0.6) is 0 Å². The van der Waals surface area contributed by atoms with Gasteiger partial charge in [-0.1, -0.05) is 21.6 Å². The van der Waals surface area contributed by atoms with Crippen LogP contribution in [0.3, 0.4) is 0 Å². The van der Waals surface area contributed by atoms with Gasteiger partial charge in [0.15, 0.2) is 0 Å². The average Bonchev–Trinajstić information content (AvgIpc) is 2.85. The molecule has 22 heavy (non-hydrogen) atoms. The Morgan fingerprint density at radius 2 is 2.32 bits per heavy atom. The fourth-order valence-corrected chi connectivity index (χ4v) is 3.79. The molecule has 0 bridgehead atoms. The molecule has 1 fully saturated rings. The Hall–Kier alpha value is -0.740. The molecular weight excluding hydrogens is 328 g/mol. The normalized spacial score (nSPS) is 26.3. The lowest BCUT2D eigenvalue weighted by molar-refractivity contribution is -0.0645. The zero-order chi connectivity index (χ0) is 16.3. The molecule has 4 atom stereocenters. The summed E-state index contributed by atoms with van der Waals surface area (Å²) in [5, 5.41) is 9.45. The van der Waals surface area contributed by atoms with Gasteiger partial charge in [0.2, 0.25) is 0 Å². The highest BCUT2D eigenvalue weighted by Gasteiger charge is 2.38. The number of nitrogens with one attached hydrogen (secondary N) is 1. The Morgan fingerprint density at radius 1 is 1.59 bits per heavy atom. The van der Waals surface area contributed by atoms with Gasteiger partial charge in [-0.05, 0) is 20.1 Å². The molecule has 124 valence electrons. The van der Waals surface area contributed by atoms with Crippen molar-refractivity contribution >= 4 is 21.6 Å². The second-order valence-corrected chi connectivity index (χ2v) is 7.80. The summed E-state index contributed by atoms with van der Waals surface area (Å²) < 4.78 is 12.9. The fraction of sp³-hybridized carbons (Fsp3) is 0.692. The molecule has 7 nitrogen and oxygen atoms in total. The van der Waals surface area contributed by atoms with Gasteiger partial charge in [-0.15, -0.1) is 0 Å². The summed E-state index contributed by atoms with van der Waals surface area (Å²) in [6, 6.07) is 0. The van der Waals surface area contributed by atoms with Gasteiger partial charge in [0.25, 0.3) is 5.56 Å². The van der Waals surface area contributed by atoms with Crippen LogP contribution in [0.4, 0.5) is 0 Å². The van der Waals surface area contributed by atoms with E-state index in [0.29, 0.717) is 12.0 Å². The van der Waals surface area contributed by atoms with E-state index >= 15 is 0 Å². The van der Waals surface area contributed by atoms with Crippen LogP contribution < -0.4 is 11.2 Å².